The fourth-order valence-corrected chi connectivity index (χ4v) is 3.21. The van der Waals surface area contributed by atoms with Crippen LogP contribution in [0.25, 0.3) is 0 Å². The van der Waals surface area contributed by atoms with Gasteiger partial charge >= 0.3 is 0 Å². The predicted molar refractivity (Wildman–Crippen MR) is 83.2 cm³/mol. The highest BCUT2D eigenvalue weighted by Crippen LogP contribution is 2.36. The van der Waals surface area contributed by atoms with E-state index in [9.17, 15) is 14.4 Å². The molecule has 23 heavy (non-hydrogen) atoms. The number of rotatable bonds is 1. The van der Waals surface area contributed by atoms with Crippen molar-refractivity contribution >= 4 is 17.3 Å². The van der Waals surface area contributed by atoms with Crippen molar-refractivity contribution in [2.45, 2.75) is 6.42 Å². The molecule has 2 aromatic carbocycles. The molecule has 4 nitrogen and oxygen atoms in total. The van der Waals surface area contributed by atoms with E-state index in [0.717, 1.165) is 5.56 Å². The zero-order valence-electron chi connectivity index (χ0n) is 12.4. The summed E-state index contributed by atoms with van der Waals surface area (Å²) in [6.07, 6.45) is 0.291. The summed E-state index contributed by atoms with van der Waals surface area (Å²) in [6, 6.07) is 11.8. The van der Waals surface area contributed by atoms with Crippen molar-refractivity contribution in [1.82, 2.24) is 0 Å². The summed E-state index contributed by atoms with van der Waals surface area (Å²) in [5.41, 5.74) is 2.17. The molecule has 2 aliphatic carbocycles. The minimum atomic E-state index is -0.395. The molecule has 0 atom stereocenters. The molecule has 4 heteroatoms. The Morgan fingerprint density at radius 1 is 0.826 bits per heavy atom. The molecule has 0 aliphatic heterocycles. The molecule has 0 bridgehead atoms. The third kappa shape index (κ3) is 1.81. The minimum Gasteiger partial charge on any atom is -0.497 e. The van der Waals surface area contributed by atoms with Crippen LogP contribution in [0.5, 0.6) is 5.75 Å². The van der Waals surface area contributed by atoms with Gasteiger partial charge in [-0.05, 0) is 17.7 Å². The van der Waals surface area contributed by atoms with E-state index in [2.05, 4.69) is 0 Å². The first-order chi connectivity index (χ1) is 11.1. The van der Waals surface area contributed by atoms with Crippen LogP contribution in [0.2, 0.25) is 0 Å². The molecular formula is C19H12O4. The second-order valence-electron chi connectivity index (χ2n) is 5.59. The third-order valence-electron chi connectivity index (χ3n) is 4.38. The lowest BCUT2D eigenvalue weighted by Gasteiger charge is -2.25. The molecule has 0 aromatic heterocycles. The van der Waals surface area contributed by atoms with Crippen LogP contribution in [0, 0.1) is 0 Å². The van der Waals surface area contributed by atoms with Gasteiger partial charge in [-0.1, -0.05) is 30.3 Å². The highest BCUT2D eigenvalue weighted by Gasteiger charge is 2.39. The standard InChI is InChI=1S/C19H12O4/c1-23-11-7-6-10-8-15-16(19(22)14(10)9-11)18(21)13-5-3-2-4-12(13)17(15)20/h2-7,9H,8H2,1H3. The van der Waals surface area contributed by atoms with Gasteiger partial charge in [0.25, 0.3) is 0 Å². The van der Waals surface area contributed by atoms with Gasteiger partial charge in [0.05, 0.1) is 12.7 Å². The van der Waals surface area contributed by atoms with Crippen molar-refractivity contribution < 1.29 is 19.1 Å². The second-order valence-corrected chi connectivity index (χ2v) is 5.59. The van der Waals surface area contributed by atoms with Crippen molar-refractivity contribution in [3.63, 3.8) is 0 Å². The lowest BCUT2D eigenvalue weighted by molar-refractivity contribution is 0.0921. The lowest BCUT2D eigenvalue weighted by Crippen LogP contribution is -2.31. The number of ether oxygens (including phenoxy) is 1. The average Bonchev–Trinajstić information content (AvgIpc) is 2.59. The molecule has 0 spiro atoms. The summed E-state index contributed by atoms with van der Waals surface area (Å²) in [5, 5.41) is 0. The van der Waals surface area contributed by atoms with Crippen LogP contribution in [-0.2, 0) is 6.42 Å². The molecular weight excluding hydrogens is 292 g/mol. The molecule has 2 aromatic rings. The van der Waals surface area contributed by atoms with Crippen LogP contribution in [0.1, 0.15) is 36.6 Å². The zero-order chi connectivity index (χ0) is 16.1. The first-order valence-electron chi connectivity index (χ1n) is 7.25. The Kier molecular flexibility index (Phi) is 2.81. The normalized spacial score (nSPS) is 16.0. The van der Waals surface area contributed by atoms with Crippen molar-refractivity contribution in [1.29, 1.82) is 0 Å². The van der Waals surface area contributed by atoms with E-state index < -0.39 is 5.78 Å². The summed E-state index contributed by atoms with van der Waals surface area (Å²) >= 11 is 0. The van der Waals surface area contributed by atoms with Crippen molar-refractivity contribution in [3.8, 4) is 5.75 Å². The van der Waals surface area contributed by atoms with E-state index in [4.69, 9.17) is 4.74 Å². The van der Waals surface area contributed by atoms with Gasteiger partial charge < -0.3 is 4.74 Å². The Balaban J connectivity index is 1.92. The monoisotopic (exact) mass is 304 g/mol. The molecule has 0 radical (unpaired) electrons. The van der Waals surface area contributed by atoms with Crippen LogP contribution < -0.4 is 4.74 Å². The smallest absolute Gasteiger partial charge is 0.198 e. The van der Waals surface area contributed by atoms with Crippen molar-refractivity contribution in [3.05, 3.63) is 75.9 Å². The Morgan fingerprint density at radius 2 is 1.48 bits per heavy atom. The van der Waals surface area contributed by atoms with Gasteiger partial charge in [-0.3, -0.25) is 14.4 Å². The van der Waals surface area contributed by atoms with Crippen LogP contribution in [0.4, 0.5) is 0 Å². The number of benzene rings is 2. The van der Waals surface area contributed by atoms with Gasteiger partial charge in [-0.2, -0.15) is 0 Å². The molecule has 0 saturated heterocycles. The highest BCUT2D eigenvalue weighted by atomic mass is 16.5. The van der Waals surface area contributed by atoms with Crippen LogP contribution in [0.3, 0.4) is 0 Å². The van der Waals surface area contributed by atoms with Gasteiger partial charge in [0, 0.05) is 28.7 Å². The predicted octanol–water partition coefficient (Wildman–Crippen LogP) is 2.81. The second kappa shape index (κ2) is 4.74. The van der Waals surface area contributed by atoms with Crippen LogP contribution >= 0.6 is 0 Å². The summed E-state index contributed by atoms with van der Waals surface area (Å²) in [5.74, 6) is -0.442. The van der Waals surface area contributed by atoms with Crippen molar-refractivity contribution in [2.75, 3.05) is 7.11 Å². The molecule has 0 unspecified atom stereocenters. The van der Waals surface area contributed by atoms with Gasteiger partial charge in [0.2, 0.25) is 0 Å². The Labute approximate surface area is 132 Å². The Morgan fingerprint density at radius 3 is 2.17 bits per heavy atom. The lowest BCUT2D eigenvalue weighted by atomic mass is 9.74. The van der Waals surface area contributed by atoms with E-state index in [1.54, 1.807) is 42.5 Å². The number of carbonyl (C=O) groups is 3. The van der Waals surface area contributed by atoms with Gasteiger partial charge in [-0.25, -0.2) is 0 Å². The zero-order valence-corrected chi connectivity index (χ0v) is 12.4. The van der Waals surface area contributed by atoms with Crippen LogP contribution in [-0.4, -0.2) is 24.5 Å². The number of fused-ring (bicyclic) bond motifs is 2. The summed E-state index contributed by atoms with van der Waals surface area (Å²) in [7, 11) is 1.52. The summed E-state index contributed by atoms with van der Waals surface area (Å²) in [6.45, 7) is 0. The van der Waals surface area contributed by atoms with Gasteiger partial charge in [-0.15, -0.1) is 0 Å². The molecule has 112 valence electrons. The fourth-order valence-electron chi connectivity index (χ4n) is 3.21. The van der Waals surface area contributed by atoms with Gasteiger partial charge in [0.1, 0.15) is 5.75 Å². The maximum atomic E-state index is 12.8. The molecule has 0 N–H and O–H groups in total. The molecule has 0 fully saturated rings. The SMILES string of the molecule is COc1ccc2c(c1)C(=O)C1=C(C2)C(=O)c2ccccc2C1=O. The maximum absolute atomic E-state index is 12.8. The van der Waals surface area contributed by atoms with E-state index >= 15 is 0 Å². The fraction of sp³-hybridized carbons (Fsp3) is 0.105. The molecule has 4 rings (SSSR count). The highest BCUT2D eigenvalue weighted by molar-refractivity contribution is 6.40. The Hall–Kier alpha value is -3.01. The van der Waals surface area contributed by atoms with E-state index in [0.29, 0.717) is 34.4 Å². The summed E-state index contributed by atoms with van der Waals surface area (Å²) < 4.78 is 5.15. The van der Waals surface area contributed by atoms with E-state index in [-0.39, 0.29) is 17.1 Å². The molecule has 0 heterocycles. The number of methoxy groups -OCH3 is 1. The quantitative estimate of drug-likeness (QED) is 0.760. The number of hydrogen-bond acceptors (Lipinski definition) is 4. The summed E-state index contributed by atoms with van der Waals surface area (Å²) in [4.78, 5) is 38.2. The number of Topliss-reactive ketones (excluding diaryl/α,β-unsaturated/α-hetero) is 3. The molecule has 0 saturated carbocycles. The number of carbonyl (C=O) groups excluding carboxylic acids is 3. The van der Waals surface area contributed by atoms with Crippen molar-refractivity contribution in [2.24, 2.45) is 0 Å². The van der Waals surface area contributed by atoms with E-state index in [1.165, 1.54) is 7.11 Å². The largest absolute Gasteiger partial charge is 0.497 e. The molecule has 0 amide bonds. The van der Waals surface area contributed by atoms with E-state index in [1.807, 2.05) is 0 Å². The maximum Gasteiger partial charge on any atom is 0.198 e. The first-order valence-corrected chi connectivity index (χ1v) is 7.25. The van der Waals surface area contributed by atoms with Crippen LogP contribution in [0.15, 0.2) is 53.6 Å². The van der Waals surface area contributed by atoms with Gasteiger partial charge in [0.15, 0.2) is 17.3 Å². The molecule has 2 aliphatic rings. The average molecular weight is 304 g/mol. The Bertz CT molecular complexity index is 934. The number of hydrogen-bond donors (Lipinski definition) is 0. The third-order valence-corrected chi connectivity index (χ3v) is 4.38. The first kappa shape index (κ1) is 13.6. The number of ketones is 3. The minimum absolute atomic E-state index is 0.00875. The number of allylic oxidation sites excluding steroid dienone is 2. The topological polar surface area (TPSA) is 60.4 Å².